The van der Waals surface area contributed by atoms with E-state index in [1.54, 1.807) is 0 Å². The van der Waals surface area contributed by atoms with Gasteiger partial charge in [-0.25, -0.2) is 0 Å². The Morgan fingerprint density at radius 2 is 0.850 bits per heavy atom. The third-order valence-electron chi connectivity index (χ3n) is 7.00. The predicted molar refractivity (Wildman–Crippen MR) is 174 cm³/mol. The zero-order valence-corrected chi connectivity index (χ0v) is 20.0. The Morgan fingerprint density at radius 3 is 1.65 bits per heavy atom. The highest BCUT2D eigenvalue weighted by molar-refractivity contribution is 6.32. The summed E-state index contributed by atoms with van der Waals surface area (Å²) < 4.78 is 216. The van der Waals surface area contributed by atoms with Gasteiger partial charge >= 0.3 is 0 Å². The lowest BCUT2D eigenvalue weighted by Crippen LogP contribution is -1.93. The lowest BCUT2D eigenvalue weighted by Gasteiger charge is -2.21. The first-order valence-corrected chi connectivity index (χ1v) is 12.0. The quantitative estimate of drug-likeness (QED) is 0.155. The fourth-order valence-electron chi connectivity index (χ4n) is 5.41. The van der Waals surface area contributed by atoms with Crippen molar-refractivity contribution in [1.29, 1.82) is 0 Å². The highest BCUT2D eigenvalue weighted by Crippen LogP contribution is 2.48. The molecular formula is C40H24. The molecule has 0 heteroatoms. The number of fused-ring (bicyclic) bond motifs is 4. The van der Waals surface area contributed by atoms with Gasteiger partial charge < -0.3 is 0 Å². The molecule has 0 fully saturated rings. The zero-order valence-electron chi connectivity index (χ0n) is 44.0. The summed E-state index contributed by atoms with van der Waals surface area (Å²) in [6, 6.07) is -20.6. The van der Waals surface area contributed by atoms with Crippen molar-refractivity contribution >= 4 is 64.6 Å². The molecule has 0 heterocycles. The van der Waals surface area contributed by atoms with E-state index in [-0.39, 0.29) is 10.8 Å². The van der Waals surface area contributed by atoms with Crippen molar-refractivity contribution in [2.24, 2.45) is 0 Å². The predicted octanol–water partition coefficient (Wildman–Crippen LogP) is 11.4. The SMILES string of the molecule is [2H]c1c([2H])c([2H])c(-c2c3c([2H])c([2H])c([2H])c([2H])c3c(-c3c([2H])c([2H])c4c([2H])c([2H])c5c([2H])c([2H])c([2H])c6c([2H])c([2H])c3c4c56)c3c2c([2H])c([2H])c2c([2H])c([2H])c([2H])c([2H])c23)c([2H])c1[2H]. The molecule has 40 heavy (non-hydrogen) atoms. The first-order valence-electron chi connectivity index (χ1n) is 24.0. The molecule has 0 nitrogen and oxygen atoms in total. The van der Waals surface area contributed by atoms with Crippen LogP contribution in [0.5, 0.6) is 0 Å². The van der Waals surface area contributed by atoms with Crippen LogP contribution in [0.15, 0.2) is 145 Å². The van der Waals surface area contributed by atoms with Crippen LogP contribution in [0.1, 0.15) is 32.9 Å². The molecule has 0 unspecified atom stereocenters. The van der Waals surface area contributed by atoms with Gasteiger partial charge in [0.25, 0.3) is 0 Å². The van der Waals surface area contributed by atoms with Crippen molar-refractivity contribution in [3.8, 4) is 22.3 Å². The van der Waals surface area contributed by atoms with Crippen molar-refractivity contribution in [2.45, 2.75) is 0 Å². The normalized spacial score (nSPS) is 20.4. The van der Waals surface area contributed by atoms with E-state index in [0.29, 0.717) is 0 Å². The number of benzene rings is 9. The van der Waals surface area contributed by atoms with Crippen LogP contribution in [0, 0.1) is 0 Å². The van der Waals surface area contributed by atoms with Crippen LogP contribution in [0.4, 0.5) is 0 Å². The van der Waals surface area contributed by atoms with Gasteiger partial charge in [0.1, 0.15) is 0 Å². The van der Waals surface area contributed by atoms with Gasteiger partial charge in [0.15, 0.2) is 0 Å². The first-order chi connectivity index (χ1) is 29.9. The maximum atomic E-state index is 9.68. The summed E-state index contributed by atoms with van der Waals surface area (Å²) in [5.41, 5.74) is -2.66. The second-order valence-corrected chi connectivity index (χ2v) is 9.00. The molecule has 0 bridgehead atoms. The summed E-state index contributed by atoms with van der Waals surface area (Å²) in [7, 11) is 0. The lowest BCUT2D eigenvalue weighted by molar-refractivity contribution is 1.67. The topological polar surface area (TPSA) is 0 Å². The Bertz CT molecular complexity index is 3710. The van der Waals surface area contributed by atoms with Gasteiger partial charge in [-0.2, -0.15) is 0 Å². The van der Waals surface area contributed by atoms with E-state index >= 15 is 0 Å². The molecular weight excluding hydrogens is 480 g/mol. The average molecular weight is 529 g/mol. The summed E-state index contributed by atoms with van der Waals surface area (Å²) in [5.74, 6) is 0. The molecule has 0 radical (unpaired) electrons. The van der Waals surface area contributed by atoms with Gasteiger partial charge in [0.05, 0.1) is 32.9 Å². The van der Waals surface area contributed by atoms with Crippen LogP contribution < -0.4 is 0 Å². The molecule has 9 aromatic carbocycles. The van der Waals surface area contributed by atoms with Crippen molar-refractivity contribution < 1.29 is 32.9 Å². The van der Waals surface area contributed by atoms with E-state index in [9.17, 15) is 12.3 Å². The van der Waals surface area contributed by atoms with Gasteiger partial charge in [0, 0.05) is 0 Å². The van der Waals surface area contributed by atoms with E-state index in [4.69, 9.17) is 20.6 Å². The number of hydrogen-bond donors (Lipinski definition) is 0. The second kappa shape index (κ2) is 8.15. The molecule has 0 saturated carbocycles. The fraction of sp³-hybridized carbons (Fsp3) is 0. The minimum absolute atomic E-state index is 0.291. The van der Waals surface area contributed by atoms with Crippen LogP contribution >= 0.6 is 0 Å². The van der Waals surface area contributed by atoms with E-state index in [1.807, 2.05) is 0 Å². The minimum Gasteiger partial charge on any atom is -0.0622 e. The van der Waals surface area contributed by atoms with Gasteiger partial charge in [-0.05, 0) is 86.9 Å². The highest BCUT2D eigenvalue weighted by atomic mass is 14.2. The van der Waals surface area contributed by atoms with Crippen molar-refractivity contribution in [3.05, 3.63) is 145 Å². The largest absolute Gasteiger partial charge is 0.0630 e. The third kappa shape index (κ3) is 2.91. The molecule has 0 aliphatic heterocycles. The van der Waals surface area contributed by atoms with Crippen molar-refractivity contribution in [2.75, 3.05) is 0 Å². The van der Waals surface area contributed by atoms with E-state index < -0.39 is 221 Å². The van der Waals surface area contributed by atoms with Crippen molar-refractivity contribution in [1.82, 2.24) is 0 Å². The Labute approximate surface area is 265 Å². The second-order valence-electron chi connectivity index (χ2n) is 9.00. The molecule has 0 aliphatic carbocycles. The minimum atomic E-state index is -0.949. The summed E-state index contributed by atoms with van der Waals surface area (Å²) >= 11 is 0. The Hall–Kier alpha value is -5.20. The molecule has 0 aliphatic rings. The molecule has 9 rings (SSSR count). The standard InChI is InChI=1S/C40H24/c1-2-10-26(11-3-1)37-31-15-6-7-16-32(31)40(39-30-14-5-4-9-25(30)19-24-35(37)39)34-23-21-29-18-17-27-12-8-13-28-20-22-33(34)38(29)36(27)28/h1-24H/i1D,2D,3D,4D,5D,6D,7D,8D,9D,10D,11D,12D,13D,14D,15D,16D,17D,18D,19D,20D,21D,22D,23D,24D. The molecule has 0 amide bonds. The highest BCUT2D eigenvalue weighted by Gasteiger charge is 2.20. The van der Waals surface area contributed by atoms with E-state index in [1.165, 1.54) is 0 Å². The lowest BCUT2D eigenvalue weighted by atomic mass is 9.82. The molecule has 0 spiro atoms. The fourth-order valence-corrected chi connectivity index (χ4v) is 5.41. The maximum Gasteiger partial charge on any atom is 0.0630 e. The first kappa shape index (κ1) is 8.91. The molecule has 0 atom stereocenters. The number of hydrogen-bond acceptors (Lipinski definition) is 0. The summed E-state index contributed by atoms with van der Waals surface area (Å²) in [4.78, 5) is 0. The Balaban J connectivity index is 1.79. The van der Waals surface area contributed by atoms with E-state index in [0.717, 1.165) is 0 Å². The summed E-state index contributed by atoms with van der Waals surface area (Å²) in [6.07, 6.45) is 0. The van der Waals surface area contributed by atoms with Gasteiger partial charge in [-0.1, -0.05) is 145 Å². The Kier molecular flexibility index (Phi) is 1.82. The van der Waals surface area contributed by atoms with Crippen LogP contribution in [0.2, 0.25) is 0 Å². The molecule has 9 aromatic rings. The third-order valence-corrected chi connectivity index (χ3v) is 7.00. The maximum absolute atomic E-state index is 9.68. The smallest absolute Gasteiger partial charge is 0.0622 e. The molecule has 0 saturated heterocycles. The van der Waals surface area contributed by atoms with Gasteiger partial charge in [-0.15, -0.1) is 0 Å². The van der Waals surface area contributed by atoms with Crippen LogP contribution in [0.25, 0.3) is 86.9 Å². The average Bonchev–Trinajstić information content (AvgIpc) is 3.26. The Morgan fingerprint density at radius 1 is 0.300 bits per heavy atom. The summed E-state index contributed by atoms with van der Waals surface area (Å²) in [5, 5.41) is -6.27. The van der Waals surface area contributed by atoms with Crippen molar-refractivity contribution in [3.63, 3.8) is 0 Å². The van der Waals surface area contributed by atoms with Crippen LogP contribution in [-0.2, 0) is 0 Å². The van der Waals surface area contributed by atoms with E-state index in [2.05, 4.69) is 0 Å². The summed E-state index contributed by atoms with van der Waals surface area (Å²) in [6.45, 7) is 0. The van der Waals surface area contributed by atoms with Crippen LogP contribution in [-0.4, -0.2) is 0 Å². The van der Waals surface area contributed by atoms with Gasteiger partial charge in [-0.3, -0.25) is 0 Å². The zero-order chi connectivity index (χ0) is 47.1. The molecule has 0 aromatic heterocycles. The van der Waals surface area contributed by atoms with Gasteiger partial charge in [0.2, 0.25) is 0 Å². The molecule has 184 valence electrons. The monoisotopic (exact) mass is 528 g/mol. The molecule has 0 N–H and O–H groups in total. The van der Waals surface area contributed by atoms with Crippen LogP contribution in [0.3, 0.4) is 0 Å². The number of rotatable bonds is 2.